The highest BCUT2D eigenvalue weighted by molar-refractivity contribution is 7.91. The van der Waals surface area contributed by atoms with Gasteiger partial charge in [-0.3, -0.25) is 24.3 Å². The van der Waals surface area contributed by atoms with E-state index < -0.39 is 9.84 Å². The highest BCUT2D eigenvalue weighted by atomic mass is 32.2. The zero-order valence-electron chi connectivity index (χ0n) is 22.2. The van der Waals surface area contributed by atoms with E-state index >= 15 is 0 Å². The molecule has 1 amide bonds. The number of aromatic amines is 1. The number of rotatable bonds is 5. The van der Waals surface area contributed by atoms with Gasteiger partial charge in [0.15, 0.2) is 9.84 Å². The van der Waals surface area contributed by atoms with Gasteiger partial charge in [-0.25, -0.2) is 18.4 Å². The number of anilines is 1. The molecule has 2 aliphatic rings. The van der Waals surface area contributed by atoms with Crippen LogP contribution in [0.25, 0.3) is 28.0 Å². The van der Waals surface area contributed by atoms with E-state index in [1.54, 1.807) is 29.2 Å². The second-order valence-electron chi connectivity index (χ2n) is 10.7. The van der Waals surface area contributed by atoms with Crippen LogP contribution >= 0.6 is 0 Å². The van der Waals surface area contributed by atoms with Crippen molar-refractivity contribution in [3.05, 3.63) is 73.0 Å². The Hall–Kier alpha value is -4.65. The molecule has 3 N–H and O–H groups in total. The van der Waals surface area contributed by atoms with Crippen molar-refractivity contribution in [2.24, 2.45) is 0 Å². The molecule has 0 saturated carbocycles. The number of fused-ring (bicyclic) bond motifs is 3. The van der Waals surface area contributed by atoms with Crippen molar-refractivity contribution in [2.45, 2.75) is 48.6 Å². The van der Waals surface area contributed by atoms with Crippen LogP contribution in [0.15, 0.2) is 66.3 Å². The molecule has 5 aromatic heterocycles. The lowest BCUT2D eigenvalue weighted by atomic mass is 9.87. The SMILES string of the molecule is CS(=O)(=O)c1c(C2C[C@H]3CC[C@@H](C2)N3C(=O)c2ncn[nH]2)nc2c(-c3ccc(-c4ccncc4)nc3)ccn2c1N. The predicted octanol–water partition coefficient (Wildman–Crippen LogP) is 3.11. The quantitative estimate of drug-likeness (QED) is 0.323. The van der Waals surface area contributed by atoms with Gasteiger partial charge in [0.1, 0.15) is 22.7 Å². The van der Waals surface area contributed by atoms with Crippen LogP contribution < -0.4 is 5.73 Å². The van der Waals surface area contributed by atoms with E-state index in [0.717, 1.165) is 35.2 Å². The molecule has 0 aromatic carbocycles. The van der Waals surface area contributed by atoms with Gasteiger partial charge in [0.2, 0.25) is 5.82 Å². The number of amides is 1. The Morgan fingerprint density at radius 3 is 2.41 bits per heavy atom. The molecule has 2 fully saturated rings. The Kier molecular flexibility index (Phi) is 5.85. The molecule has 13 heteroatoms. The number of piperidine rings is 1. The van der Waals surface area contributed by atoms with Crippen molar-refractivity contribution in [3.8, 4) is 22.4 Å². The lowest BCUT2D eigenvalue weighted by Gasteiger charge is -2.38. The fourth-order valence-corrected chi connectivity index (χ4v) is 7.50. The fraction of sp³-hybridized carbons (Fsp3) is 0.286. The van der Waals surface area contributed by atoms with Crippen molar-refractivity contribution in [1.82, 2.24) is 39.4 Å². The number of nitrogens with one attached hydrogen (secondary N) is 1. The minimum atomic E-state index is -3.71. The van der Waals surface area contributed by atoms with Gasteiger partial charge < -0.3 is 10.6 Å². The van der Waals surface area contributed by atoms with Crippen LogP contribution in [0.3, 0.4) is 0 Å². The van der Waals surface area contributed by atoms with Gasteiger partial charge in [0.25, 0.3) is 5.91 Å². The lowest BCUT2D eigenvalue weighted by Crippen LogP contribution is -2.46. The molecule has 2 aliphatic heterocycles. The summed E-state index contributed by atoms with van der Waals surface area (Å²) in [7, 11) is -3.71. The van der Waals surface area contributed by atoms with Gasteiger partial charge >= 0.3 is 0 Å². The summed E-state index contributed by atoms with van der Waals surface area (Å²) in [5, 5.41) is 6.48. The number of H-pyrrole nitrogens is 1. The molecule has 5 aromatic rings. The number of carbonyl (C=O) groups excluding carboxylic acids is 1. The first kappa shape index (κ1) is 25.3. The number of nitrogens with zero attached hydrogens (tertiary/aromatic N) is 7. The van der Waals surface area contributed by atoms with Crippen LogP contribution in [-0.2, 0) is 9.84 Å². The zero-order valence-corrected chi connectivity index (χ0v) is 23.0. The van der Waals surface area contributed by atoms with Gasteiger partial charge in [-0.1, -0.05) is 6.07 Å². The van der Waals surface area contributed by atoms with E-state index in [-0.39, 0.29) is 40.4 Å². The molecule has 1 unspecified atom stereocenters. The smallest absolute Gasteiger partial charge is 0.291 e. The molecule has 2 bridgehead atoms. The summed E-state index contributed by atoms with van der Waals surface area (Å²) in [5.41, 5.74) is 11.0. The number of nitrogens with two attached hydrogens (primary N) is 1. The maximum absolute atomic E-state index is 13.1. The first-order valence-corrected chi connectivity index (χ1v) is 15.2. The third-order valence-corrected chi connectivity index (χ3v) is 9.36. The summed E-state index contributed by atoms with van der Waals surface area (Å²) in [5.74, 6) is -0.0236. The Balaban J connectivity index is 1.29. The second kappa shape index (κ2) is 9.47. The van der Waals surface area contributed by atoms with Crippen LogP contribution in [-0.4, -0.2) is 72.1 Å². The number of pyridine rings is 2. The first-order valence-electron chi connectivity index (χ1n) is 13.3. The van der Waals surface area contributed by atoms with Crippen LogP contribution in [0.5, 0.6) is 0 Å². The van der Waals surface area contributed by atoms with Crippen LogP contribution in [0, 0.1) is 0 Å². The fourth-order valence-electron chi connectivity index (χ4n) is 6.43. The van der Waals surface area contributed by atoms with Gasteiger partial charge in [-0.2, -0.15) is 5.10 Å². The van der Waals surface area contributed by atoms with Crippen molar-refractivity contribution < 1.29 is 13.2 Å². The number of sulfone groups is 1. The molecule has 12 nitrogen and oxygen atoms in total. The zero-order chi connectivity index (χ0) is 28.3. The minimum absolute atomic E-state index is 0.0534. The summed E-state index contributed by atoms with van der Waals surface area (Å²) >= 11 is 0. The monoisotopic (exact) mass is 569 g/mol. The average molecular weight is 570 g/mol. The summed E-state index contributed by atoms with van der Waals surface area (Å²) in [6, 6.07) is 9.46. The summed E-state index contributed by atoms with van der Waals surface area (Å²) < 4.78 is 27.8. The number of carbonyl (C=O) groups is 1. The molecule has 41 heavy (non-hydrogen) atoms. The molecular weight excluding hydrogens is 542 g/mol. The summed E-state index contributed by atoms with van der Waals surface area (Å²) in [6.45, 7) is 0. The van der Waals surface area contributed by atoms with Gasteiger partial charge in [-0.05, 0) is 49.9 Å². The average Bonchev–Trinajstić information content (AvgIpc) is 3.71. The van der Waals surface area contributed by atoms with Gasteiger partial charge in [0, 0.05) is 65.7 Å². The predicted molar refractivity (Wildman–Crippen MR) is 151 cm³/mol. The topological polar surface area (TPSA) is 165 Å². The Labute approximate surface area is 235 Å². The number of hydrogen-bond donors (Lipinski definition) is 2. The van der Waals surface area contributed by atoms with E-state index in [4.69, 9.17) is 10.7 Å². The third kappa shape index (κ3) is 4.24. The van der Waals surface area contributed by atoms with Crippen molar-refractivity contribution in [3.63, 3.8) is 0 Å². The maximum atomic E-state index is 13.1. The molecule has 0 spiro atoms. The van der Waals surface area contributed by atoms with Crippen molar-refractivity contribution in [2.75, 3.05) is 12.0 Å². The molecule has 3 atom stereocenters. The minimum Gasteiger partial charge on any atom is -0.384 e. The van der Waals surface area contributed by atoms with Gasteiger partial charge in [-0.15, -0.1) is 0 Å². The summed E-state index contributed by atoms with van der Waals surface area (Å²) in [4.78, 5) is 32.8. The van der Waals surface area contributed by atoms with E-state index in [2.05, 4.69) is 25.1 Å². The van der Waals surface area contributed by atoms with Crippen LogP contribution in [0.2, 0.25) is 0 Å². The largest absolute Gasteiger partial charge is 0.384 e. The highest BCUT2D eigenvalue weighted by Gasteiger charge is 2.46. The number of aromatic nitrogens is 7. The molecule has 208 valence electrons. The van der Waals surface area contributed by atoms with E-state index in [1.165, 1.54) is 12.6 Å². The van der Waals surface area contributed by atoms with E-state index in [9.17, 15) is 13.2 Å². The third-order valence-electron chi connectivity index (χ3n) is 8.20. The van der Waals surface area contributed by atoms with Crippen molar-refractivity contribution in [1.29, 1.82) is 0 Å². The number of hydrogen-bond acceptors (Lipinski definition) is 9. The molecule has 7 rings (SSSR count). The Bertz CT molecular complexity index is 1860. The lowest BCUT2D eigenvalue weighted by molar-refractivity contribution is 0.0556. The standard InChI is InChI=1S/C28H27N9O3S/c1-41(39,40)24-23(18-12-19-3-4-20(13-18)37(19)28(38)26-32-15-33-35-26)34-27-21(8-11-36(27)25(24)29)17-2-5-22(31-14-17)16-6-9-30-10-7-16/h2,5-11,14-15,18-20H,3-4,12-13,29H2,1H3,(H,32,33,35)/t18?,19-,20+. The normalized spacial score (nSPS) is 20.5. The molecule has 0 radical (unpaired) electrons. The summed E-state index contributed by atoms with van der Waals surface area (Å²) in [6.07, 6.45) is 12.3. The second-order valence-corrected chi connectivity index (χ2v) is 12.6. The van der Waals surface area contributed by atoms with E-state index in [0.29, 0.717) is 24.2 Å². The van der Waals surface area contributed by atoms with Crippen LogP contribution in [0.1, 0.15) is 47.9 Å². The first-order chi connectivity index (χ1) is 19.8. The van der Waals surface area contributed by atoms with E-state index in [1.807, 2.05) is 35.2 Å². The molecular formula is C28H27N9O3S. The van der Waals surface area contributed by atoms with Crippen molar-refractivity contribution >= 4 is 27.2 Å². The van der Waals surface area contributed by atoms with Gasteiger partial charge in [0.05, 0.1) is 11.4 Å². The highest BCUT2D eigenvalue weighted by Crippen LogP contribution is 2.45. The molecule has 2 saturated heterocycles. The Morgan fingerprint density at radius 1 is 1.02 bits per heavy atom. The Morgan fingerprint density at radius 2 is 1.78 bits per heavy atom. The molecule has 7 heterocycles. The van der Waals surface area contributed by atoms with Crippen LogP contribution in [0.4, 0.5) is 5.82 Å². The molecule has 0 aliphatic carbocycles. The number of nitrogen functional groups attached to an aromatic ring is 1. The maximum Gasteiger partial charge on any atom is 0.291 e.